The van der Waals surface area contributed by atoms with E-state index >= 15 is 0 Å². The minimum Gasteiger partial charge on any atom is -0.372 e. The van der Waals surface area contributed by atoms with Crippen molar-refractivity contribution in [3.63, 3.8) is 0 Å². The molecular weight excluding hydrogens is 386 g/mol. The Morgan fingerprint density at radius 2 is 1.59 bits per heavy atom. The van der Waals surface area contributed by atoms with E-state index < -0.39 is 5.91 Å². The Bertz CT molecular complexity index is 751. The number of thioether (sulfide) groups is 1. The summed E-state index contributed by atoms with van der Waals surface area (Å²) >= 11 is 0.894. The van der Waals surface area contributed by atoms with Crippen LogP contribution in [0.5, 0.6) is 0 Å². The Hall–Kier alpha value is -2.28. The molecule has 1 fully saturated rings. The van der Waals surface area contributed by atoms with Gasteiger partial charge in [0.15, 0.2) is 0 Å². The van der Waals surface area contributed by atoms with Crippen molar-refractivity contribution >= 4 is 40.6 Å². The van der Waals surface area contributed by atoms with E-state index in [1.165, 1.54) is 0 Å². The summed E-state index contributed by atoms with van der Waals surface area (Å²) in [6.07, 6.45) is 3.41. The van der Waals surface area contributed by atoms with E-state index in [0.717, 1.165) is 53.8 Å². The van der Waals surface area contributed by atoms with Gasteiger partial charge < -0.3 is 9.80 Å². The van der Waals surface area contributed by atoms with Gasteiger partial charge in [-0.1, -0.05) is 26.0 Å². The summed E-state index contributed by atoms with van der Waals surface area (Å²) in [5, 5.41) is -0.387. The van der Waals surface area contributed by atoms with Gasteiger partial charge >= 0.3 is 0 Å². The zero-order valence-electron chi connectivity index (χ0n) is 17.8. The molecule has 1 saturated heterocycles. The summed E-state index contributed by atoms with van der Waals surface area (Å²) in [6, 6.07) is 7.91. The highest BCUT2D eigenvalue weighted by molar-refractivity contribution is 8.18. The molecule has 0 saturated carbocycles. The number of hydrogen-bond donors (Lipinski definition) is 0. The zero-order valence-corrected chi connectivity index (χ0v) is 18.6. The van der Waals surface area contributed by atoms with E-state index in [0.29, 0.717) is 18.0 Å². The first-order valence-corrected chi connectivity index (χ1v) is 11.1. The second-order valence-corrected chi connectivity index (χ2v) is 7.91. The molecule has 3 amide bonds. The lowest BCUT2D eigenvalue weighted by atomic mass is 10.1. The molecule has 1 aromatic carbocycles. The topological polar surface area (TPSA) is 60.9 Å². The summed E-state index contributed by atoms with van der Waals surface area (Å²) in [7, 11) is 0. The Labute approximate surface area is 177 Å². The van der Waals surface area contributed by atoms with Crippen molar-refractivity contribution in [3.05, 3.63) is 34.7 Å². The average molecular weight is 418 g/mol. The number of amides is 3. The maximum Gasteiger partial charge on any atom is 0.294 e. The third-order valence-electron chi connectivity index (χ3n) is 4.83. The van der Waals surface area contributed by atoms with Crippen molar-refractivity contribution in [2.75, 3.05) is 37.6 Å². The molecule has 0 bridgehead atoms. The molecule has 0 N–H and O–H groups in total. The van der Waals surface area contributed by atoms with Crippen LogP contribution in [-0.4, -0.2) is 59.6 Å². The van der Waals surface area contributed by atoms with Gasteiger partial charge in [-0.2, -0.15) is 0 Å². The molecule has 7 heteroatoms. The van der Waals surface area contributed by atoms with Gasteiger partial charge in [0.25, 0.3) is 11.1 Å². The van der Waals surface area contributed by atoms with Crippen molar-refractivity contribution in [2.24, 2.45) is 0 Å². The number of rotatable bonds is 10. The third-order valence-corrected chi connectivity index (χ3v) is 5.73. The van der Waals surface area contributed by atoms with Gasteiger partial charge in [-0.15, -0.1) is 0 Å². The first kappa shape index (κ1) is 23.0. The van der Waals surface area contributed by atoms with E-state index in [4.69, 9.17) is 0 Å². The molecule has 1 heterocycles. The van der Waals surface area contributed by atoms with Crippen LogP contribution < -0.4 is 4.90 Å². The predicted octanol–water partition coefficient (Wildman–Crippen LogP) is 4.22. The fourth-order valence-corrected chi connectivity index (χ4v) is 4.13. The minimum absolute atomic E-state index is 0.180. The van der Waals surface area contributed by atoms with Crippen LogP contribution in [0.25, 0.3) is 6.08 Å². The van der Waals surface area contributed by atoms with Crippen molar-refractivity contribution in [2.45, 2.75) is 40.5 Å². The molecule has 29 heavy (non-hydrogen) atoms. The molecule has 0 atom stereocenters. The standard InChI is InChI=1S/C22H31N3O3S/c1-5-13-24(14-6-2)20(26)16-25-21(27)19(29-22(25)28)15-17-9-11-18(12-10-17)23(7-3)8-4/h9-12,15H,5-8,13-14,16H2,1-4H3/b19-15-. The van der Waals surface area contributed by atoms with Gasteiger partial charge in [0.2, 0.25) is 5.91 Å². The summed E-state index contributed by atoms with van der Waals surface area (Å²) in [4.78, 5) is 42.9. The number of carbonyl (C=O) groups excluding carboxylic acids is 3. The maximum atomic E-state index is 12.7. The monoisotopic (exact) mass is 417 g/mol. The molecule has 1 aliphatic rings. The number of imide groups is 1. The molecule has 0 spiro atoms. The van der Waals surface area contributed by atoms with Gasteiger partial charge in [0.1, 0.15) is 6.54 Å². The van der Waals surface area contributed by atoms with E-state index in [2.05, 4.69) is 18.7 Å². The van der Waals surface area contributed by atoms with Crippen LogP contribution in [0, 0.1) is 0 Å². The predicted molar refractivity (Wildman–Crippen MR) is 120 cm³/mol. The number of anilines is 1. The SMILES string of the molecule is CCCN(CCC)C(=O)CN1C(=O)S/C(=C\c2ccc(N(CC)CC)cc2)C1=O. The molecule has 1 aliphatic heterocycles. The zero-order chi connectivity index (χ0) is 21.4. The van der Waals surface area contributed by atoms with Crippen molar-refractivity contribution in [1.82, 2.24) is 9.80 Å². The van der Waals surface area contributed by atoms with Crippen molar-refractivity contribution in [3.8, 4) is 0 Å². The van der Waals surface area contributed by atoms with Crippen LogP contribution in [0.4, 0.5) is 10.5 Å². The molecule has 0 aliphatic carbocycles. The third kappa shape index (κ3) is 5.85. The number of benzene rings is 1. The molecule has 6 nitrogen and oxygen atoms in total. The highest BCUT2D eigenvalue weighted by atomic mass is 32.2. The second kappa shape index (κ2) is 11.0. The minimum atomic E-state index is -0.394. The van der Waals surface area contributed by atoms with Crippen LogP contribution in [0.15, 0.2) is 29.2 Å². The average Bonchev–Trinajstić information content (AvgIpc) is 2.97. The molecule has 0 unspecified atom stereocenters. The lowest BCUT2D eigenvalue weighted by Crippen LogP contribution is -2.42. The molecule has 0 aromatic heterocycles. The number of hydrogen-bond acceptors (Lipinski definition) is 5. The molecule has 158 valence electrons. The van der Waals surface area contributed by atoms with Crippen LogP contribution >= 0.6 is 11.8 Å². The van der Waals surface area contributed by atoms with Crippen LogP contribution in [0.3, 0.4) is 0 Å². The molecular formula is C22H31N3O3S. The Morgan fingerprint density at radius 1 is 1.00 bits per heavy atom. The normalized spacial score (nSPS) is 15.3. The number of nitrogens with zero attached hydrogens (tertiary/aromatic N) is 3. The van der Waals surface area contributed by atoms with Gasteiger partial charge in [0.05, 0.1) is 4.91 Å². The second-order valence-electron chi connectivity index (χ2n) is 6.91. The van der Waals surface area contributed by atoms with E-state index in [9.17, 15) is 14.4 Å². The van der Waals surface area contributed by atoms with E-state index in [1.807, 2.05) is 38.1 Å². The Kier molecular flexibility index (Phi) is 8.76. The smallest absolute Gasteiger partial charge is 0.294 e. The summed E-state index contributed by atoms with van der Waals surface area (Å²) in [5.41, 5.74) is 1.98. The summed E-state index contributed by atoms with van der Waals surface area (Å²) in [6.45, 7) is 11.2. The molecule has 0 radical (unpaired) electrons. The highest BCUT2D eigenvalue weighted by Crippen LogP contribution is 2.32. The molecule has 2 rings (SSSR count). The van der Waals surface area contributed by atoms with Gasteiger partial charge in [-0.05, 0) is 62.2 Å². The van der Waals surface area contributed by atoms with E-state index in [-0.39, 0.29) is 17.7 Å². The largest absolute Gasteiger partial charge is 0.372 e. The van der Waals surface area contributed by atoms with Gasteiger partial charge in [-0.3, -0.25) is 19.3 Å². The van der Waals surface area contributed by atoms with Crippen molar-refractivity contribution < 1.29 is 14.4 Å². The quantitative estimate of drug-likeness (QED) is 0.534. The fraction of sp³-hybridized carbons (Fsp3) is 0.500. The maximum absolute atomic E-state index is 12.7. The fourth-order valence-electron chi connectivity index (χ4n) is 3.29. The highest BCUT2D eigenvalue weighted by Gasteiger charge is 2.37. The Balaban J connectivity index is 2.10. The van der Waals surface area contributed by atoms with Crippen LogP contribution in [-0.2, 0) is 9.59 Å². The van der Waals surface area contributed by atoms with Gasteiger partial charge in [0, 0.05) is 31.9 Å². The van der Waals surface area contributed by atoms with Crippen LogP contribution in [0.2, 0.25) is 0 Å². The van der Waals surface area contributed by atoms with Crippen LogP contribution in [0.1, 0.15) is 46.1 Å². The first-order valence-electron chi connectivity index (χ1n) is 10.3. The summed E-state index contributed by atoms with van der Waals surface area (Å²) in [5.74, 6) is -0.574. The number of carbonyl (C=O) groups is 3. The van der Waals surface area contributed by atoms with Gasteiger partial charge in [-0.25, -0.2) is 0 Å². The lowest BCUT2D eigenvalue weighted by molar-refractivity contribution is -0.135. The summed E-state index contributed by atoms with van der Waals surface area (Å²) < 4.78 is 0. The molecule has 1 aromatic rings. The lowest BCUT2D eigenvalue weighted by Gasteiger charge is -2.23. The first-order chi connectivity index (χ1) is 13.9. The van der Waals surface area contributed by atoms with E-state index in [1.54, 1.807) is 11.0 Å². The Morgan fingerprint density at radius 3 is 2.10 bits per heavy atom. The van der Waals surface area contributed by atoms with Crippen molar-refractivity contribution in [1.29, 1.82) is 0 Å².